The Morgan fingerprint density at radius 2 is 2.27 bits per heavy atom. The number of carbonyl (C=O) groups is 1. The standard InChI is InChI=1S/C14H20N4O4/c1-16(2)11-5-4-6-17(9-11)13-12(18(20)21)7-10(8-15-13)14(19)22-3/h7-8,11H,4-6,9H2,1-3H3. The molecule has 0 amide bonds. The minimum absolute atomic E-state index is 0.0825. The van der Waals surface area contributed by atoms with Gasteiger partial charge in [0.15, 0.2) is 0 Å². The summed E-state index contributed by atoms with van der Waals surface area (Å²) in [5.74, 6) is -0.323. The van der Waals surface area contributed by atoms with Crippen LogP contribution in [0.3, 0.4) is 0 Å². The van der Waals surface area contributed by atoms with E-state index in [2.05, 4.69) is 14.6 Å². The molecule has 8 heteroatoms. The van der Waals surface area contributed by atoms with E-state index in [-0.39, 0.29) is 11.3 Å². The van der Waals surface area contributed by atoms with Gasteiger partial charge in [-0.2, -0.15) is 0 Å². The maximum atomic E-state index is 11.5. The number of hydrogen-bond acceptors (Lipinski definition) is 7. The van der Waals surface area contributed by atoms with Gasteiger partial charge in [-0.15, -0.1) is 0 Å². The Kier molecular flexibility index (Phi) is 4.92. The van der Waals surface area contributed by atoms with Crippen LogP contribution in [0.5, 0.6) is 0 Å². The highest BCUT2D eigenvalue weighted by Gasteiger charge is 2.28. The van der Waals surface area contributed by atoms with Crippen molar-refractivity contribution in [2.24, 2.45) is 0 Å². The van der Waals surface area contributed by atoms with Gasteiger partial charge in [-0.3, -0.25) is 10.1 Å². The van der Waals surface area contributed by atoms with E-state index in [9.17, 15) is 14.9 Å². The summed E-state index contributed by atoms with van der Waals surface area (Å²) >= 11 is 0. The molecule has 1 fully saturated rings. The second-order valence-corrected chi connectivity index (χ2v) is 5.52. The number of piperidine rings is 1. The van der Waals surface area contributed by atoms with Crippen molar-refractivity contribution < 1.29 is 14.5 Å². The lowest BCUT2D eigenvalue weighted by Gasteiger charge is -2.36. The zero-order chi connectivity index (χ0) is 16.3. The molecule has 0 radical (unpaired) electrons. The van der Waals surface area contributed by atoms with Crippen molar-refractivity contribution in [3.05, 3.63) is 27.9 Å². The topological polar surface area (TPSA) is 88.8 Å². The van der Waals surface area contributed by atoms with Crippen molar-refractivity contribution in [2.75, 3.05) is 39.2 Å². The van der Waals surface area contributed by atoms with E-state index in [1.165, 1.54) is 19.4 Å². The Morgan fingerprint density at radius 1 is 1.55 bits per heavy atom. The SMILES string of the molecule is COC(=O)c1cnc(N2CCCC(N(C)C)C2)c([N+](=O)[O-])c1. The monoisotopic (exact) mass is 308 g/mol. The van der Waals surface area contributed by atoms with Gasteiger partial charge in [0, 0.05) is 31.4 Å². The van der Waals surface area contributed by atoms with Crippen LogP contribution in [0, 0.1) is 10.1 Å². The maximum Gasteiger partial charge on any atom is 0.339 e. The first kappa shape index (κ1) is 16.2. The molecule has 2 heterocycles. The zero-order valence-electron chi connectivity index (χ0n) is 13.0. The van der Waals surface area contributed by atoms with Gasteiger partial charge >= 0.3 is 11.7 Å². The number of nitro groups is 1. The summed E-state index contributed by atoms with van der Waals surface area (Å²) in [6, 6.07) is 1.56. The Bertz CT molecular complexity index is 576. The number of anilines is 1. The third-order valence-corrected chi connectivity index (χ3v) is 3.89. The van der Waals surface area contributed by atoms with E-state index in [0.29, 0.717) is 18.4 Å². The van der Waals surface area contributed by atoms with Crippen molar-refractivity contribution in [3.8, 4) is 0 Å². The molecule has 2 rings (SSSR count). The molecule has 1 aliphatic rings. The first-order chi connectivity index (χ1) is 10.4. The number of pyridine rings is 1. The van der Waals surface area contributed by atoms with Crippen LogP contribution in [0.15, 0.2) is 12.3 Å². The molecule has 1 aromatic heterocycles. The quantitative estimate of drug-likeness (QED) is 0.470. The average Bonchev–Trinajstić information content (AvgIpc) is 2.53. The largest absolute Gasteiger partial charge is 0.465 e. The highest BCUT2D eigenvalue weighted by Crippen LogP contribution is 2.29. The van der Waals surface area contributed by atoms with Crippen molar-refractivity contribution in [1.29, 1.82) is 0 Å². The van der Waals surface area contributed by atoms with Gasteiger partial charge in [0.1, 0.15) is 0 Å². The van der Waals surface area contributed by atoms with E-state index < -0.39 is 10.9 Å². The number of rotatable bonds is 4. The molecule has 0 saturated carbocycles. The molecule has 0 aliphatic carbocycles. The summed E-state index contributed by atoms with van der Waals surface area (Å²) in [4.78, 5) is 30.5. The van der Waals surface area contributed by atoms with E-state index >= 15 is 0 Å². The number of aromatic nitrogens is 1. The summed E-state index contributed by atoms with van der Waals surface area (Å²) in [6.45, 7) is 1.40. The third-order valence-electron chi connectivity index (χ3n) is 3.89. The summed E-state index contributed by atoms with van der Waals surface area (Å²) in [7, 11) is 5.22. The number of ether oxygens (including phenoxy) is 1. The van der Waals surface area contributed by atoms with Crippen LogP contribution in [-0.2, 0) is 4.74 Å². The summed E-state index contributed by atoms with van der Waals surface area (Å²) < 4.78 is 4.58. The van der Waals surface area contributed by atoms with Crippen molar-refractivity contribution in [3.63, 3.8) is 0 Å². The lowest BCUT2D eigenvalue weighted by molar-refractivity contribution is -0.384. The molecule has 1 unspecified atom stereocenters. The van der Waals surface area contributed by atoms with Gasteiger partial charge in [-0.05, 0) is 26.9 Å². The Labute approximate surface area is 128 Å². The second-order valence-electron chi connectivity index (χ2n) is 5.52. The predicted octanol–water partition coefficient (Wildman–Crippen LogP) is 1.31. The molecule has 120 valence electrons. The summed E-state index contributed by atoms with van der Waals surface area (Å²) in [5.41, 5.74) is -0.0820. The molecule has 1 saturated heterocycles. The number of carbonyl (C=O) groups excluding carboxylic acids is 1. The Hall–Kier alpha value is -2.22. The Morgan fingerprint density at radius 3 is 2.86 bits per heavy atom. The highest BCUT2D eigenvalue weighted by molar-refractivity contribution is 5.90. The molecular weight excluding hydrogens is 288 g/mol. The summed E-state index contributed by atoms with van der Waals surface area (Å²) in [6.07, 6.45) is 3.32. The number of esters is 1. The fourth-order valence-electron chi connectivity index (χ4n) is 2.62. The van der Waals surface area contributed by atoms with E-state index in [4.69, 9.17) is 0 Å². The summed E-state index contributed by atoms with van der Waals surface area (Å²) in [5, 5.41) is 11.3. The van der Waals surface area contributed by atoms with Gasteiger partial charge in [0.05, 0.1) is 17.6 Å². The molecular formula is C14H20N4O4. The molecule has 1 atom stereocenters. The van der Waals surface area contributed by atoms with Gasteiger partial charge in [-0.1, -0.05) is 0 Å². The van der Waals surface area contributed by atoms with E-state index in [1.54, 1.807) is 0 Å². The third kappa shape index (κ3) is 3.33. The molecule has 22 heavy (non-hydrogen) atoms. The molecule has 0 bridgehead atoms. The Balaban J connectivity index is 2.33. The van der Waals surface area contributed by atoms with E-state index in [0.717, 1.165) is 19.4 Å². The molecule has 1 aromatic rings. The highest BCUT2D eigenvalue weighted by atomic mass is 16.6. The minimum atomic E-state index is -0.632. The predicted molar refractivity (Wildman–Crippen MR) is 81.2 cm³/mol. The second kappa shape index (κ2) is 6.69. The molecule has 0 aromatic carbocycles. The number of hydrogen-bond donors (Lipinski definition) is 0. The van der Waals surface area contributed by atoms with Gasteiger partial charge < -0.3 is 14.5 Å². The average molecular weight is 308 g/mol. The molecule has 0 spiro atoms. The normalized spacial score (nSPS) is 18.4. The van der Waals surface area contributed by atoms with Crippen LogP contribution in [0.25, 0.3) is 0 Å². The van der Waals surface area contributed by atoms with Crippen LogP contribution in [0.2, 0.25) is 0 Å². The maximum absolute atomic E-state index is 11.5. The number of likely N-dealkylation sites (N-methyl/N-ethyl adjacent to an activating group) is 1. The minimum Gasteiger partial charge on any atom is -0.465 e. The zero-order valence-corrected chi connectivity index (χ0v) is 13.0. The van der Waals surface area contributed by atoms with Crippen LogP contribution in [0.4, 0.5) is 11.5 Å². The van der Waals surface area contributed by atoms with Crippen LogP contribution < -0.4 is 4.90 Å². The first-order valence-electron chi connectivity index (χ1n) is 7.08. The van der Waals surface area contributed by atoms with Crippen molar-refractivity contribution >= 4 is 17.5 Å². The number of nitrogens with zero attached hydrogens (tertiary/aromatic N) is 4. The van der Waals surface area contributed by atoms with Crippen LogP contribution >= 0.6 is 0 Å². The van der Waals surface area contributed by atoms with Gasteiger partial charge in [0.25, 0.3) is 0 Å². The lowest BCUT2D eigenvalue weighted by Crippen LogP contribution is -2.45. The lowest BCUT2D eigenvalue weighted by atomic mass is 10.0. The number of methoxy groups -OCH3 is 1. The van der Waals surface area contributed by atoms with Crippen LogP contribution in [0.1, 0.15) is 23.2 Å². The van der Waals surface area contributed by atoms with Crippen molar-refractivity contribution in [2.45, 2.75) is 18.9 Å². The molecule has 8 nitrogen and oxygen atoms in total. The van der Waals surface area contributed by atoms with Crippen LogP contribution in [-0.4, -0.2) is 61.1 Å². The molecule has 1 aliphatic heterocycles. The van der Waals surface area contributed by atoms with Crippen molar-refractivity contribution in [1.82, 2.24) is 9.88 Å². The first-order valence-corrected chi connectivity index (χ1v) is 7.08. The van der Waals surface area contributed by atoms with Gasteiger partial charge in [0.2, 0.25) is 5.82 Å². The smallest absolute Gasteiger partial charge is 0.339 e. The van der Waals surface area contributed by atoms with E-state index in [1.807, 2.05) is 19.0 Å². The fraction of sp³-hybridized carbons (Fsp3) is 0.571. The van der Waals surface area contributed by atoms with Gasteiger partial charge in [-0.25, -0.2) is 9.78 Å². The molecule has 0 N–H and O–H groups in total. The fourth-order valence-corrected chi connectivity index (χ4v) is 2.62.